The second-order valence-corrected chi connectivity index (χ2v) is 11.9. The number of ether oxygens (including phenoxy) is 1. The Kier molecular flexibility index (Phi) is 5.52. The van der Waals surface area contributed by atoms with E-state index < -0.39 is 0 Å². The summed E-state index contributed by atoms with van der Waals surface area (Å²) in [6, 6.07) is 18.5. The van der Waals surface area contributed by atoms with Crippen LogP contribution in [0.5, 0.6) is 5.88 Å². The largest absolute Gasteiger partial charge is 0.476 e. The van der Waals surface area contributed by atoms with Crippen LogP contribution in [0, 0.1) is 5.82 Å². The maximum absolute atomic E-state index is 15.9. The Labute approximate surface area is 228 Å². The van der Waals surface area contributed by atoms with Crippen LogP contribution in [-0.4, -0.2) is 65.3 Å². The molecule has 0 amide bonds. The molecule has 0 saturated carbocycles. The Morgan fingerprint density at radius 2 is 1.69 bits per heavy atom. The molecule has 8 rings (SSSR count). The van der Waals surface area contributed by atoms with Crippen LogP contribution in [0.2, 0.25) is 0 Å². The number of piperazine rings is 1. The highest BCUT2D eigenvalue weighted by molar-refractivity contribution is 5.98. The molecule has 0 radical (unpaired) electrons. The van der Waals surface area contributed by atoms with Crippen molar-refractivity contribution in [2.75, 3.05) is 37.7 Å². The molecule has 0 spiro atoms. The summed E-state index contributed by atoms with van der Waals surface area (Å²) in [4.78, 5) is 14.9. The van der Waals surface area contributed by atoms with Crippen molar-refractivity contribution < 1.29 is 9.13 Å². The van der Waals surface area contributed by atoms with Gasteiger partial charge in [-0.15, -0.1) is 0 Å². The van der Waals surface area contributed by atoms with Gasteiger partial charge in [0.05, 0.1) is 11.1 Å². The molecule has 6 heterocycles. The van der Waals surface area contributed by atoms with Crippen LogP contribution < -0.4 is 15.0 Å². The second kappa shape index (κ2) is 9.14. The fourth-order valence-electron chi connectivity index (χ4n) is 7.68. The molecule has 4 aliphatic rings. The number of rotatable bonds is 5. The van der Waals surface area contributed by atoms with Crippen LogP contribution in [0.15, 0.2) is 54.6 Å². The lowest BCUT2D eigenvalue weighted by Gasteiger charge is -2.35. The van der Waals surface area contributed by atoms with E-state index in [1.807, 2.05) is 36.4 Å². The van der Waals surface area contributed by atoms with Gasteiger partial charge in [0.15, 0.2) is 0 Å². The van der Waals surface area contributed by atoms with Crippen molar-refractivity contribution in [3.8, 4) is 17.1 Å². The van der Waals surface area contributed by atoms with E-state index in [0.29, 0.717) is 30.3 Å². The van der Waals surface area contributed by atoms with Crippen molar-refractivity contribution >= 4 is 27.5 Å². The average Bonchev–Trinajstić information content (AvgIpc) is 3.64. The van der Waals surface area contributed by atoms with Gasteiger partial charge in [0.1, 0.15) is 23.9 Å². The first kappa shape index (κ1) is 23.6. The third-order valence-electron chi connectivity index (χ3n) is 9.58. The number of nitrogens with zero attached hydrogens (tertiary/aromatic N) is 4. The first-order valence-electron chi connectivity index (χ1n) is 14.5. The third-order valence-corrected chi connectivity index (χ3v) is 9.58. The molecule has 2 bridgehead atoms. The molecule has 4 saturated heterocycles. The molecule has 7 heteroatoms. The molecule has 2 aromatic carbocycles. The third kappa shape index (κ3) is 3.97. The fraction of sp³-hybridized carbons (Fsp3) is 0.438. The SMILES string of the molecule is Fc1cc2c(N3CC4CCC(C3)N4)nc(OCC34CCCN3CCC4)cc2nc1-c1cccc2ccccc12. The molecule has 2 unspecified atom stereocenters. The van der Waals surface area contributed by atoms with Gasteiger partial charge in [-0.1, -0.05) is 42.5 Å². The zero-order valence-electron chi connectivity index (χ0n) is 22.2. The van der Waals surface area contributed by atoms with Crippen LogP contribution in [-0.2, 0) is 0 Å². The van der Waals surface area contributed by atoms with E-state index in [9.17, 15) is 0 Å². The summed E-state index contributed by atoms with van der Waals surface area (Å²) < 4.78 is 22.4. The molecule has 0 aliphatic carbocycles. The van der Waals surface area contributed by atoms with Crippen molar-refractivity contribution in [3.63, 3.8) is 0 Å². The maximum atomic E-state index is 15.9. The number of hydrogen-bond acceptors (Lipinski definition) is 6. The Balaban J connectivity index is 1.24. The summed E-state index contributed by atoms with van der Waals surface area (Å²) in [6.45, 7) is 4.71. The molecular formula is C32H34FN5O. The van der Waals surface area contributed by atoms with E-state index in [0.717, 1.165) is 46.1 Å². The number of aromatic nitrogens is 2. The highest BCUT2D eigenvalue weighted by atomic mass is 19.1. The van der Waals surface area contributed by atoms with Crippen molar-refractivity contribution in [3.05, 3.63) is 60.4 Å². The van der Waals surface area contributed by atoms with Crippen LogP contribution in [0.25, 0.3) is 32.9 Å². The molecule has 200 valence electrons. The molecule has 1 N–H and O–H groups in total. The lowest BCUT2D eigenvalue weighted by atomic mass is 9.95. The van der Waals surface area contributed by atoms with Crippen LogP contribution in [0.3, 0.4) is 0 Å². The smallest absolute Gasteiger partial charge is 0.217 e. The molecule has 2 atom stereocenters. The van der Waals surface area contributed by atoms with E-state index in [1.165, 1.54) is 51.6 Å². The summed E-state index contributed by atoms with van der Waals surface area (Å²) in [7, 11) is 0. The van der Waals surface area contributed by atoms with Gasteiger partial charge in [0.2, 0.25) is 5.88 Å². The molecule has 6 nitrogen and oxygen atoms in total. The van der Waals surface area contributed by atoms with Gasteiger partial charge in [0, 0.05) is 42.2 Å². The normalized spacial score (nSPS) is 24.1. The lowest BCUT2D eigenvalue weighted by molar-refractivity contribution is 0.111. The molecule has 39 heavy (non-hydrogen) atoms. The maximum Gasteiger partial charge on any atom is 0.217 e. The minimum atomic E-state index is -0.319. The van der Waals surface area contributed by atoms with Crippen LogP contribution >= 0.6 is 0 Å². The number of benzene rings is 2. The van der Waals surface area contributed by atoms with E-state index in [2.05, 4.69) is 27.2 Å². The highest BCUT2D eigenvalue weighted by Crippen LogP contribution is 2.40. The monoisotopic (exact) mass is 523 g/mol. The van der Waals surface area contributed by atoms with E-state index in [4.69, 9.17) is 14.7 Å². The van der Waals surface area contributed by atoms with E-state index >= 15 is 4.39 Å². The first-order valence-corrected chi connectivity index (χ1v) is 14.5. The standard InChI is InChI=1S/C32H34FN5O/c33-27-16-26-28(35-30(27)25-9-3-7-21-6-1-2-8-24(21)25)17-29(39-20-32-12-4-14-38(32)15-5-13-32)36-31(26)37-18-22-10-11-23(19-37)34-22/h1-3,6-9,16-17,22-23,34H,4-5,10-15,18-20H2. The summed E-state index contributed by atoms with van der Waals surface area (Å²) in [6.07, 6.45) is 7.18. The lowest BCUT2D eigenvalue weighted by Crippen LogP contribution is -2.51. The van der Waals surface area contributed by atoms with Crippen molar-refractivity contribution in [2.24, 2.45) is 0 Å². The van der Waals surface area contributed by atoms with Crippen molar-refractivity contribution in [1.82, 2.24) is 20.2 Å². The molecule has 4 fully saturated rings. The number of nitrogens with one attached hydrogen (secondary N) is 1. The van der Waals surface area contributed by atoms with Gasteiger partial charge in [-0.3, -0.25) is 4.90 Å². The minimum absolute atomic E-state index is 0.134. The number of anilines is 1. The average molecular weight is 524 g/mol. The quantitative estimate of drug-likeness (QED) is 0.371. The fourth-order valence-corrected chi connectivity index (χ4v) is 7.68. The topological polar surface area (TPSA) is 53.5 Å². The molecule has 4 aliphatic heterocycles. The summed E-state index contributed by atoms with van der Waals surface area (Å²) in [5, 5.41) is 6.53. The van der Waals surface area contributed by atoms with Gasteiger partial charge in [-0.2, -0.15) is 4.98 Å². The van der Waals surface area contributed by atoms with Crippen molar-refractivity contribution in [1.29, 1.82) is 0 Å². The second-order valence-electron chi connectivity index (χ2n) is 11.9. The zero-order chi connectivity index (χ0) is 26.0. The predicted octanol–water partition coefficient (Wildman–Crippen LogP) is 5.54. The zero-order valence-corrected chi connectivity index (χ0v) is 22.2. The predicted molar refractivity (Wildman–Crippen MR) is 153 cm³/mol. The van der Waals surface area contributed by atoms with Crippen molar-refractivity contribution in [2.45, 2.75) is 56.1 Å². The summed E-state index contributed by atoms with van der Waals surface area (Å²) >= 11 is 0. The molecule has 2 aromatic heterocycles. The van der Waals surface area contributed by atoms with E-state index in [1.54, 1.807) is 6.07 Å². The Hall–Kier alpha value is -3.29. The van der Waals surface area contributed by atoms with Gasteiger partial charge in [0.25, 0.3) is 0 Å². The summed E-state index contributed by atoms with van der Waals surface area (Å²) in [5.74, 6) is 1.07. The first-order chi connectivity index (χ1) is 19.1. The van der Waals surface area contributed by atoms with Crippen LogP contribution in [0.1, 0.15) is 38.5 Å². The Morgan fingerprint density at radius 1 is 0.923 bits per heavy atom. The van der Waals surface area contributed by atoms with E-state index in [-0.39, 0.29) is 11.4 Å². The van der Waals surface area contributed by atoms with Gasteiger partial charge >= 0.3 is 0 Å². The number of halogens is 1. The minimum Gasteiger partial charge on any atom is -0.476 e. The number of hydrogen-bond donors (Lipinski definition) is 1. The number of fused-ring (bicyclic) bond motifs is 5. The van der Waals surface area contributed by atoms with Crippen LogP contribution in [0.4, 0.5) is 10.2 Å². The van der Waals surface area contributed by atoms with Gasteiger partial charge in [-0.05, 0) is 68.5 Å². The molecule has 4 aromatic rings. The Bertz CT molecular complexity index is 1550. The highest BCUT2D eigenvalue weighted by Gasteiger charge is 2.45. The number of pyridine rings is 2. The van der Waals surface area contributed by atoms with Gasteiger partial charge in [-0.25, -0.2) is 9.37 Å². The summed E-state index contributed by atoms with van der Waals surface area (Å²) in [5.41, 5.74) is 2.05. The Morgan fingerprint density at radius 3 is 2.51 bits per heavy atom. The van der Waals surface area contributed by atoms with Gasteiger partial charge < -0.3 is 15.0 Å². The molecular weight excluding hydrogens is 489 g/mol.